The Labute approximate surface area is 205 Å². The van der Waals surface area contributed by atoms with Crippen LogP contribution >= 0.6 is 11.8 Å². The van der Waals surface area contributed by atoms with Crippen LogP contribution in [0.15, 0.2) is 88.4 Å². The van der Waals surface area contributed by atoms with Crippen molar-refractivity contribution in [3.63, 3.8) is 0 Å². The molecule has 0 aliphatic heterocycles. The molecule has 0 bridgehead atoms. The van der Waals surface area contributed by atoms with Crippen molar-refractivity contribution in [2.24, 2.45) is 0 Å². The maximum absolute atomic E-state index is 12.8. The fraction of sp³-hybridized carbons (Fsp3) is 0.0741. The van der Waals surface area contributed by atoms with Gasteiger partial charge in [0.2, 0.25) is 11.8 Å². The van der Waals surface area contributed by atoms with Gasteiger partial charge in [-0.25, -0.2) is 4.98 Å². The van der Waals surface area contributed by atoms with Gasteiger partial charge in [0.25, 0.3) is 0 Å². The van der Waals surface area contributed by atoms with E-state index in [2.05, 4.69) is 21.4 Å². The number of carbonyl (C=O) groups excluding carboxylic acids is 1. The van der Waals surface area contributed by atoms with E-state index in [9.17, 15) is 10.1 Å². The first-order chi connectivity index (χ1) is 17.2. The summed E-state index contributed by atoms with van der Waals surface area (Å²) in [6, 6.07) is 26.8. The summed E-state index contributed by atoms with van der Waals surface area (Å²) in [7, 11) is 1.61. The fourth-order valence-corrected chi connectivity index (χ4v) is 4.44. The van der Waals surface area contributed by atoms with Crippen LogP contribution in [-0.2, 0) is 4.79 Å². The number of fused-ring (bicyclic) bond motifs is 1. The van der Waals surface area contributed by atoms with E-state index in [4.69, 9.17) is 9.15 Å². The molecule has 0 aliphatic carbocycles. The maximum Gasteiger partial charge on any atom is 0.237 e. The molecule has 2 heterocycles. The van der Waals surface area contributed by atoms with E-state index >= 15 is 0 Å². The molecule has 0 saturated carbocycles. The van der Waals surface area contributed by atoms with Crippen molar-refractivity contribution in [2.45, 2.75) is 5.16 Å². The zero-order chi connectivity index (χ0) is 24.2. The Bertz CT molecular complexity index is 1540. The second-order valence-corrected chi connectivity index (χ2v) is 8.58. The summed E-state index contributed by atoms with van der Waals surface area (Å²) in [5, 5.41) is 13.4. The molecule has 0 fully saturated rings. The van der Waals surface area contributed by atoms with Gasteiger partial charge in [0.15, 0.2) is 5.16 Å². The summed E-state index contributed by atoms with van der Waals surface area (Å²) in [6.07, 6.45) is 0. The molecular weight excluding hydrogens is 460 g/mol. The Morgan fingerprint density at radius 1 is 1.09 bits per heavy atom. The molecule has 0 unspecified atom stereocenters. The minimum Gasteiger partial charge on any atom is -0.497 e. The first-order valence-electron chi connectivity index (χ1n) is 10.8. The number of nitriles is 1. The largest absolute Gasteiger partial charge is 0.497 e. The van der Waals surface area contributed by atoms with Crippen LogP contribution in [0.25, 0.3) is 33.5 Å². The average molecular weight is 481 g/mol. The number of amides is 1. The topological polar surface area (TPSA) is 104 Å². The van der Waals surface area contributed by atoms with E-state index in [1.54, 1.807) is 7.11 Å². The minimum atomic E-state index is -0.308. The van der Waals surface area contributed by atoms with Gasteiger partial charge in [-0.15, -0.1) is 0 Å². The van der Waals surface area contributed by atoms with E-state index < -0.39 is 0 Å². The van der Waals surface area contributed by atoms with Crippen LogP contribution in [0.5, 0.6) is 5.75 Å². The molecule has 8 heteroatoms. The van der Waals surface area contributed by atoms with Gasteiger partial charge in [0.05, 0.1) is 23.9 Å². The van der Waals surface area contributed by atoms with Crippen LogP contribution in [0.3, 0.4) is 0 Å². The van der Waals surface area contributed by atoms with Crippen molar-refractivity contribution in [2.75, 3.05) is 18.2 Å². The Hall–Kier alpha value is -4.48. The van der Waals surface area contributed by atoms with Gasteiger partial charge in [-0.1, -0.05) is 72.4 Å². The lowest BCUT2D eigenvalue weighted by molar-refractivity contribution is -0.113. The van der Waals surface area contributed by atoms with Crippen molar-refractivity contribution in [1.29, 1.82) is 5.26 Å². The summed E-state index contributed by atoms with van der Waals surface area (Å²) >= 11 is 1.26. The van der Waals surface area contributed by atoms with Gasteiger partial charge in [-0.3, -0.25) is 10.1 Å². The third-order valence-electron chi connectivity index (χ3n) is 5.38. The lowest BCUT2D eigenvalue weighted by Gasteiger charge is -2.03. The number of nitrogens with one attached hydrogen (secondary N) is 2. The van der Waals surface area contributed by atoms with Crippen molar-refractivity contribution in [3.8, 4) is 34.3 Å². The molecule has 7 nitrogen and oxygen atoms in total. The van der Waals surface area contributed by atoms with Crippen LogP contribution in [-0.4, -0.2) is 28.7 Å². The number of hydrogen-bond acceptors (Lipinski definition) is 6. The number of carbonyl (C=O) groups is 1. The number of aromatic amines is 1. The van der Waals surface area contributed by atoms with Crippen molar-refractivity contribution in [1.82, 2.24) is 9.97 Å². The lowest BCUT2D eigenvalue weighted by atomic mass is 9.98. The summed E-state index contributed by atoms with van der Waals surface area (Å²) in [5.74, 6) is 1.16. The summed E-state index contributed by atoms with van der Waals surface area (Å²) in [5.41, 5.74) is 4.18. The first-order valence-corrected chi connectivity index (χ1v) is 11.8. The Balaban J connectivity index is 1.40. The van der Waals surface area contributed by atoms with Gasteiger partial charge >= 0.3 is 0 Å². The molecule has 2 aromatic heterocycles. The Kier molecular flexibility index (Phi) is 6.24. The number of ether oxygens (including phenoxy) is 1. The maximum atomic E-state index is 12.8. The Morgan fingerprint density at radius 3 is 2.49 bits per heavy atom. The fourth-order valence-electron chi connectivity index (χ4n) is 3.76. The number of imidazole rings is 1. The molecule has 3 aromatic carbocycles. The number of rotatable bonds is 7. The number of H-pyrrole nitrogens is 1. The highest BCUT2D eigenvalue weighted by Gasteiger charge is 2.24. The highest BCUT2D eigenvalue weighted by Crippen LogP contribution is 2.41. The minimum absolute atomic E-state index is 0.0872. The third-order valence-corrected chi connectivity index (χ3v) is 6.25. The van der Waals surface area contributed by atoms with Crippen molar-refractivity contribution in [3.05, 3.63) is 84.4 Å². The summed E-state index contributed by atoms with van der Waals surface area (Å²) in [4.78, 5) is 20.5. The van der Waals surface area contributed by atoms with Gasteiger partial charge in [-0.2, -0.15) is 5.26 Å². The predicted molar refractivity (Wildman–Crippen MR) is 136 cm³/mol. The van der Waals surface area contributed by atoms with Crippen molar-refractivity contribution < 1.29 is 13.9 Å². The molecule has 2 N–H and O–H groups in total. The molecule has 5 aromatic rings. The number of aromatic nitrogens is 2. The Morgan fingerprint density at radius 2 is 1.80 bits per heavy atom. The number of anilines is 1. The molecule has 0 spiro atoms. The number of furan rings is 1. The van der Waals surface area contributed by atoms with Gasteiger partial charge in [0, 0.05) is 17.2 Å². The molecule has 0 saturated heterocycles. The van der Waals surface area contributed by atoms with Crippen LogP contribution in [0.2, 0.25) is 0 Å². The highest BCUT2D eigenvalue weighted by atomic mass is 32.2. The van der Waals surface area contributed by atoms with E-state index in [0.29, 0.717) is 16.5 Å². The van der Waals surface area contributed by atoms with E-state index in [1.165, 1.54) is 11.8 Å². The van der Waals surface area contributed by atoms with Gasteiger partial charge < -0.3 is 14.1 Å². The van der Waals surface area contributed by atoms with E-state index in [-0.39, 0.29) is 23.1 Å². The van der Waals surface area contributed by atoms with Gasteiger partial charge in [-0.05, 0) is 17.7 Å². The van der Waals surface area contributed by atoms with Gasteiger partial charge in [0.1, 0.15) is 23.1 Å². The molecule has 172 valence electrons. The predicted octanol–water partition coefficient (Wildman–Crippen LogP) is 6.10. The van der Waals surface area contributed by atoms with E-state index in [0.717, 1.165) is 27.9 Å². The number of hydrogen-bond donors (Lipinski definition) is 2. The molecule has 35 heavy (non-hydrogen) atoms. The zero-order valence-electron chi connectivity index (χ0n) is 18.7. The second-order valence-electron chi connectivity index (χ2n) is 7.62. The SMILES string of the molecule is COc1ccc2nc(SCC(=O)Nc3oc(-c4ccccc4)c(-c4ccccc4)c3C#N)[nH]c2c1. The molecule has 0 radical (unpaired) electrons. The normalized spacial score (nSPS) is 10.7. The standard InChI is InChI=1S/C27H20N4O3S/c1-33-19-12-13-21-22(14-19)30-27(29-21)35-16-23(32)31-26-20(15-28)24(17-8-4-2-5-9-17)25(34-26)18-10-6-3-7-11-18/h2-14H,16H2,1H3,(H,29,30)(H,31,32). The van der Waals surface area contributed by atoms with Crippen LogP contribution < -0.4 is 10.1 Å². The number of methoxy groups -OCH3 is 1. The van der Waals surface area contributed by atoms with Crippen LogP contribution in [0.1, 0.15) is 5.56 Å². The summed E-state index contributed by atoms with van der Waals surface area (Å²) < 4.78 is 11.3. The third kappa shape index (κ3) is 4.63. The van der Waals surface area contributed by atoms with Crippen molar-refractivity contribution >= 4 is 34.6 Å². The average Bonchev–Trinajstić information content (AvgIpc) is 3.48. The second kappa shape index (κ2) is 9.79. The van der Waals surface area contributed by atoms with E-state index in [1.807, 2.05) is 78.9 Å². The molecule has 5 rings (SSSR count). The number of nitrogens with zero attached hydrogens (tertiary/aromatic N) is 2. The smallest absolute Gasteiger partial charge is 0.237 e. The molecular formula is C27H20N4O3S. The summed E-state index contributed by atoms with van der Waals surface area (Å²) in [6.45, 7) is 0. The van der Waals surface area contributed by atoms with Crippen LogP contribution in [0, 0.1) is 11.3 Å². The highest BCUT2D eigenvalue weighted by molar-refractivity contribution is 7.99. The molecule has 1 amide bonds. The first kappa shape index (κ1) is 22.3. The monoisotopic (exact) mass is 480 g/mol. The zero-order valence-corrected chi connectivity index (χ0v) is 19.6. The molecule has 0 aliphatic rings. The number of thioether (sulfide) groups is 1. The van der Waals surface area contributed by atoms with Crippen LogP contribution in [0.4, 0.5) is 5.88 Å². The lowest BCUT2D eigenvalue weighted by Crippen LogP contribution is -2.14. The number of benzene rings is 3. The quantitative estimate of drug-likeness (QED) is 0.273. The molecule has 0 atom stereocenters.